The van der Waals surface area contributed by atoms with Gasteiger partial charge in [-0.25, -0.2) is 14.8 Å². The van der Waals surface area contributed by atoms with Gasteiger partial charge in [0.15, 0.2) is 5.82 Å². The van der Waals surface area contributed by atoms with Gasteiger partial charge in [-0.1, -0.05) is 12.1 Å². The van der Waals surface area contributed by atoms with Crippen molar-refractivity contribution < 1.29 is 9.53 Å². The predicted molar refractivity (Wildman–Crippen MR) is 98.2 cm³/mol. The largest absolute Gasteiger partial charge is 0.377 e. The van der Waals surface area contributed by atoms with Crippen LogP contribution in [0.15, 0.2) is 43.0 Å². The number of nitrogens with one attached hydrogen (secondary N) is 2. The van der Waals surface area contributed by atoms with Crippen molar-refractivity contribution in [2.45, 2.75) is 19.5 Å². The Bertz CT molecular complexity index is 889. The number of carbonyl (C=O) groups excluding carboxylic acids is 1. The highest BCUT2D eigenvalue weighted by Crippen LogP contribution is 2.22. The van der Waals surface area contributed by atoms with E-state index in [1.54, 1.807) is 17.4 Å². The van der Waals surface area contributed by atoms with E-state index < -0.39 is 0 Å². The van der Waals surface area contributed by atoms with Crippen LogP contribution in [0.2, 0.25) is 0 Å². The smallest absolute Gasteiger partial charge is 0.322 e. The molecule has 1 aromatic carbocycles. The zero-order valence-electron chi connectivity index (χ0n) is 15.0. The number of carbonyl (C=O) groups is 1. The first-order valence-corrected chi connectivity index (χ1v) is 8.78. The number of hydrogen-bond donors (Lipinski definition) is 2. The Hall–Kier alpha value is -3.20. The minimum absolute atomic E-state index is 0.187. The Kier molecular flexibility index (Phi) is 4.84. The number of benzene rings is 1. The van der Waals surface area contributed by atoms with E-state index in [0.717, 1.165) is 17.8 Å². The third kappa shape index (κ3) is 3.98. The van der Waals surface area contributed by atoms with Gasteiger partial charge >= 0.3 is 6.03 Å². The van der Waals surface area contributed by atoms with Crippen molar-refractivity contribution in [3.05, 3.63) is 60.2 Å². The molecule has 0 spiro atoms. The summed E-state index contributed by atoms with van der Waals surface area (Å²) < 4.78 is 7.51. The summed E-state index contributed by atoms with van der Waals surface area (Å²) in [6.07, 6.45) is 5.45. The second kappa shape index (κ2) is 7.58. The Morgan fingerprint density at radius 1 is 1.37 bits per heavy atom. The zero-order valence-corrected chi connectivity index (χ0v) is 15.0. The molecule has 27 heavy (non-hydrogen) atoms. The van der Waals surface area contributed by atoms with Crippen LogP contribution >= 0.6 is 0 Å². The summed E-state index contributed by atoms with van der Waals surface area (Å²) in [5.41, 5.74) is 1.87. The SMILES string of the molecule is Cc1nc(C2COCCN2C(=O)Nc2ccc(Cn3ccnc3)cc2)n[nH]1. The topological polar surface area (TPSA) is 101 Å². The van der Waals surface area contributed by atoms with Gasteiger partial charge < -0.3 is 19.5 Å². The predicted octanol–water partition coefficient (Wildman–Crippen LogP) is 1.96. The van der Waals surface area contributed by atoms with Crippen LogP contribution in [0.4, 0.5) is 10.5 Å². The van der Waals surface area contributed by atoms with E-state index in [9.17, 15) is 4.79 Å². The van der Waals surface area contributed by atoms with Crippen LogP contribution in [-0.4, -0.2) is 55.4 Å². The lowest BCUT2D eigenvalue weighted by Crippen LogP contribution is -2.45. The molecule has 2 N–H and O–H groups in total. The molecule has 1 aliphatic heterocycles. The molecule has 1 saturated heterocycles. The Morgan fingerprint density at radius 2 is 2.22 bits per heavy atom. The van der Waals surface area contributed by atoms with E-state index in [0.29, 0.717) is 31.4 Å². The molecule has 2 amide bonds. The molecule has 0 aliphatic carbocycles. The standard InChI is InChI=1S/C18H21N7O2/c1-13-20-17(23-22-13)16-11-27-9-8-25(16)18(26)21-15-4-2-14(3-5-15)10-24-7-6-19-12-24/h2-7,12,16H,8-11H2,1H3,(H,21,26)(H,20,22,23). The maximum Gasteiger partial charge on any atom is 0.322 e. The van der Waals surface area contributed by atoms with Gasteiger partial charge in [-0.2, -0.15) is 5.10 Å². The molecule has 140 valence electrons. The lowest BCUT2D eigenvalue weighted by molar-refractivity contribution is 0.0118. The summed E-state index contributed by atoms with van der Waals surface area (Å²) in [6.45, 7) is 3.94. The van der Waals surface area contributed by atoms with Crippen LogP contribution in [0.25, 0.3) is 0 Å². The van der Waals surface area contributed by atoms with E-state index in [2.05, 4.69) is 25.5 Å². The molecule has 0 bridgehead atoms. The molecule has 1 atom stereocenters. The summed E-state index contributed by atoms with van der Waals surface area (Å²) in [7, 11) is 0. The fraction of sp³-hybridized carbons (Fsp3) is 0.333. The molecule has 0 saturated carbocycles. The number of morpholine rings is 1. The van der Waals surface area contributed by atoms with Gasteiger partial charge in [0.05, 0.1) is 19.5 Å². The summed E-state index contributed by atoms with van der Waals surface area (Å²) in [6, 6.07) is 7.29. The molecule has 2 aromatic heterocycles. The minimum atomic E-state index is -0.302. The van der Waals surface area contributed by atoms with Gasteiger partial charge in [0.2, 0.25) is 0 Å². The average molecular weight is 367 g/mol. The maximum absolute atomic E-state index is 12.8. The average Bonchev–Trinajstić information content (AvgIpc) is 3.35. The molecular formula is C18H21N7O2. The fourth-order valence-corrected chi connectivity index (χ4v) is 3.05. The molecule has 0 radical (unpaired) electrons. The molecule has 1 fully saturated rings. The molecule has 1 aliphatic rings. The molecular weight excluding hydrogens is 346 g/mol. The Morgan fingerprint density at radius 3 is 2.93 bits per heavy atom. The number of H-pyrrole nitrogens is 1. The normalized spacial score (nSPS) is 17.1. The van der Waals surface area contributed by atoms with E-state index in [1.165, 1.54) is 0 Å². The Balaban J connectivity index is 1.42. The van der Waals surface area contributed by atoms with Crippen LogP contribution in [0.1, 0.15) is 23.3 Å². The Labute approximate surface area is 156 Å². The van der Waals surface area contributed by atoms with Crippen molar-refractivity contribution in [3.63, 3.8) is 0 Å². The first-order chi connectivity index (χ1) is 13.2. The summed E-state index contributed by atoms with van der Waals surface area (Å²) >= 11 is 0. The number of hydrogen-bond acceptors (Lipinski definition) is 5. The summed E-state index contributed by atoms with van der Waals surface area (Å²) in [5, 5.41) is 9.95. The quantitative estimate of drug-likeness (QED) is 0.734. The van der Waals surface area contributed by atoms with E-state index in [4.69, 9.17) is 4.74 Å². The van der Waals surface area contributed by atoms with Crippen molar-refractivity contribution in [3.8, 4) is 0 Å². The second-order valence-corrected chi connectivity index (χ2v) is 6.43. The maximum atomic E-state index is 12.8. The number of rotatable bonds is 4. The van der Waals surface area contributed by atoms with Gasteiger partial charge in [-0.15, -0.1) is 0 Å². The summed E-state index contributed by atoms with van der Waals surface area (Å²) in [5.74, 6) is 1.28. The van der Waals surface area contributed by atoms with E-state index in [-0.39, 0.29) is 12.1 Å². The molecule has 9 nitrogen and oxygen atoms in total. The number of imidazole rings is 1. The minimum Gasteiger partial charge on any atom is -0.377 e. The van der Waals surface area contributed by atoms with Crippen molar-refractivity contribution >= 4 is 11.7 Å². The number of aromatic amines is 1. The fourth-order valence-electron chi connectivity index (χ4n) is 3.05. The number of aryl methyl sites for hydroxylation is 1. The highest BCUT2D eigenvalue weighted by atomic mass is 16.5. The zero-order chi connectivity index (χ0) is 18.6. The first-order valence-electron chi connectivity index (χ1n) is 8.78. The lowest BCUT2D eigenvalue weighted by atomic mass is 10.2. The molecule has 4 rings (SSSR count). The number of nitrogens with zero attached hydrogens (tertiary/aromatic N) is 5. The van der Waals surface area contributed by atoms with E-state index >= 15 is 0 Å². The van der Waals surface area contributed by atoms with Gasteiger partial charge in [0.25, 0.3) is 0 Å². The van der Waals surface area contributed by atoms with Crippen molar-refractivity contribution in [1.29, 1.82) is 0 Å². The highest BCUT2D eigenvalue weighted by molar-refractivity contribution is 5.89. The molecule has 3 heterocycles. The van der Waals surface area contributed by atoms with Gasteiger partial charge in [0, 0.05) is 31.2 Å². The monoisotopic (exact) mass is 367 g/mol. The third-order valence-electron chi connectivity index (χ3n) is 4.43. The number of amides is 2. The van der Waals surface area contributed by atoms with Crippen LogP contribution in [0.5, 0.6) is 0 Å². The number of urea groups is 1. The molecule has 3 aromatic rings. The number of ether oxygens (including phenoxy) is 1. The highest BCUT2D eigenvalue weighted by Gasteiger charge is 2.31. The van der Waals surface area contributed by atoms with Crippen LogP contribution < -0.4 is 5.32 Å². The number of aromatic nitrogens is 5. The third-order valence-corrected chi connectivity index (χ3v) is 4.43. The molecule has 9 heteroatoms. The van der Waals surface area contributed by atoms with Crippen LogP contribution in [0.3, 0.4) is 0 Å². The van der Waals surface area contributed by atoms with Gasteiger partial charge in [-0.05, 0) is 24.6 Å². The first kappa shape index (κ1) is 17.2. The van der Waals surface area contributed by atoms with Crippen LogP contribution in [-0.2, 0) is 11.3 Å². The van der Waals surface area contributed by atoms with Crippen molar-refractivity contribution in [2.24, 2.45) is 0 Å². The van der Waals surface area contributed by atoms with Crippen molar-refractivity contribution in [1.82, 2.24) is 29.6 Å². The van der Waals surface area contributed by atoms with Crippen LogP contribution in [0, 0.1) is 6.92 Å². The van der Waals surface area contributed by atoms with Gasteiger partial charge in [0.1, 0.15) is 11.9 Å². The molecule has 1 unspecified atom stereocenters. The summed E-state index contributed by atoms with van der Waals surface area (Å²) in [4.78, 5) is 22.9. The van der Waals surface area contributed by atoms with E-state index in [1.807, 2.05) is 42.0 Å². The lowest BCUT2D eigenvalue weighted by Gasteiger charge is -2.33. The second-order valence-electron chi connectivity index (χ2n) is 6.43. The van der Waals surface area contributed by atoms with Crippen molar-refractivity contribution in [2.75, 3.05) is 25.1 Å². The number of anilines is 1. The van der Waals surface area contributed by atoms with Gasteiger partial charge in [-0.3, -0.25) is 5.10 Å².